The first-order valence-electron chi connectivity index (χ1n) is 8.41. The van der Waals surface area contributed by atoms with Crippen molar-refractivity contribution in [3.8, 4) is 11.6 Å². The molecule has 1 amide bonds. The molecule has 1 aromatic carbocycles. The van der Waals surface area contributed by atoms with Gasteiger partial charge >= 0.3 is 0 Å². The second kappa shape index (κ2) is 6.24. The molecule has 2 fully saturated rings. The largest absolute Gasteiger partial charge is 0.439 e. The molecule has 2 aromatic rings. The first kappa shape index (κ1) is 15.1. The van der Waals surface area contributed by atoms with E-state index in [9.17, 15) is 4.79 Å². The van der Waals surface area contributed by atoms with Gasteiger partial charge in [-0.1, -0.05) is 18.6 Å². The highest BCUT2D eigenvalue weighted by Gasteiger charge is 2.39. The standard InChI is InChI=1S/C19H20N2O3/c22-19(21-23)15-5-8-18(20-11-15)24-16-6-3-13(4-7-16)17-10-12-1-2-14(17)9-12/h3-8,11-12,14,17,23H,1-2,9-10H2,(H,21,22)/t12-,14+,17?/m1/s1. The van der Waals surface area contributed by atoms with Crippen LogP contribution in [0.3, 0.4) is 0 Å². The summed E-state index contributed by atoms with van der Waals surface area (Å²) in [4.78, 5) is 15.3. The number of rotatable bonds is 4. The van der Waals surface area contributed by atoms with Gasteiger partial charge in [0.05, 0.1) is 5.56 Å². The number of carbonyl (C=O) groups is 1. The first-order chi connectivity index (χ1) is 11.7. The number of ether oxygens (including phenoxy) is 1. The molecule has 2 bridgehead atoms. The number of benzene rings is 1. The molecule has 0 radical (unpaired) electrons. The van der Waals surface area contributed by atoms with E-state index in [0.29, 0.717) is 11.8 Å². The molecule has 1 unspecified atom stereocenters. The van der Waals surface area contributed by atoms with Crippen molar-refractivity contribution >= 4 is 5.91 Å². The SMILES string of the molecule is O=C(NO)c1ccc(Oc2ccc(C3C[C@@H]4CC[C@H]3C4)cc2)nc1. The van der Waals surface area contributed by atoms with Gasteiger partial charge in [0.1, 0.15) is 5.75 Å². The Labute approximate surface area is 140 Å². The van der Waals surface area contributed by atoms with Crippen molar-refractivity contribution in [1.29, 1.82) is 0 Å². The van der Waals surface area contributed by atoms with Gasteiger partial charge < -0.3 is 4.74 Å². The van der Waals surface area contributed by atoms with Crippen molar-refractivity contribution in [3.63, 3.8) is 0 Å². The van der Waals surface area contributed by atoms with Crippen LogP contribution in [0, 0.1) is 11.8 Å². The average Bonchev–Trinajstić information content (AvgIpc) is 3.26. The summed E-state index contributed by atoms with van der Waals surface area (Å²) >= 11 is 0. The van der Waals surface area contributed by atoms with E-state index in [-0.39, 0.29) is 5.56 Å². The minimum Gasteiger partial charge on any atom is -0.439 e. The van der Waals surface area contributed by atoms with Crippen LogP contribution < -0.4 is 10.2 Å². The maximum Gasteiger partial charge on any atom is 0.276 e. The molecule has 5 nitrogen and oxygen atoms in total. The third-order valence-corrected chi connectivity index (χ3v) is 5.37. The van der Waals surface area contributed by atoms with E-state index in [0.717, 1.165) is 17.6 Å². The number of carbonyl (C=O) groups excluding carboxylic acids is 1. The van der Waals surface area contributed by atoms with Gasteiger partial charge in [-0.05, 0) is 60.8 Å². The zero-order valence-electron chi connectivity index (χ0n) is 13.3. The van der Waals surface area contributed by atoms with Gasteiger partial charge in [0.15, 0.2) is 0 Å². The fourth-order valence-electron chi connectivity index (χ4n) is 4.20. The molecule has 2 N–H and O–H groups in total. The lowest BCUT2D eigenvalue weighted by Crippen LogP contribution is -2.18. The number of fused-ring (bicyclic) bond motifs is 2. The van der Waals surface area contributed by atoms with Gasteiger partial charge in [0.2, 0.25) is 5.88 Å². The summed E-state index contributed by atoms with van der Waals surface area (Å²) < 4.78 is 5.72. The Morgan fingerprint density at radius 2 is 1.96 bits per heavy atom. The van der Waals surface area contributed by atoms with Crippen LogP contribution >= 0.6 is 0 Å². The van der Waals surface area contributed by atoms with Gasteiger partial charge in [0.25, 0.3) is 5.91 Å². The quantitative estimate of drug-likeness (QED) is 0.661. The fraction of sp³-hybridized carbons (Fsp3) is 0.368. The van der Waals surface area contributed by atoms with Crippen molar-refractivity contribution in [1.82, 2.24) is 10.5 Å². The third kappa shape index (κ3) is 2.87. The average molecular weight is 324 g/mol. The predicted octanol–water partition coefficient (Wildman–Crippen LogP) is 3.90. The van der Waals surface area contributed by atoms with Crippen molar-refractivity contribution in [2.45, 2.75) is 31.6 Å². The molecule has 2 aliphatic rings. The second-order valence-electron chi connectivity index (χ2n) is 6.78. The Kier molecular flexibility index (Phi) is 3.94. The number of nitrogens with one attached hydrogen (secondary N) is 1. The monoisotopic (exact) mass is 324 g/mol. The molecule has 2 saturated carbocycles. The van der Waals surface area contributed by atoms with Crippen LogP contribution in [0.4, 0.5) is 0 Å². The lowest BCUT2D eigenvalue weighted by molar-refractivity contribution is 0.0706. The van der Waals surface area contributed by atoms with E-state index in [1.807, 2.05) is 12.1 Å². The Balaban J connectivity index is 1.43. The second-order valence-corrected chi connectivity index (χ2v) is 6.78. The summed E-state index contributed by atoms with van der Waals surface area (Å²) in [6.45, 7) is 0. The minimum atomic E-state index is -0.593. The normalized spacial score (nSPS) is 24.8. The summed E-state index contributed by atoms with van der Waals surface area (Å²) in [7, 11) is 0. The summed E-state index contributed by atoms with van der Waals surface area (Å²) in [6, 6.07) is 11.4. The Morgan fingerprint density at radius 3 is 2.54 bits per heavy atom. The van der Waals surface area contributed by atoms with Gasteiger partial charge in [-0.15, -0.1) is 0 Å². The molecular formula is C19H20N2O3. The van der Waals surface area contributed by atoms with E-state index in [1.165, 1.54) is 37.4 Å². The van der Waals surface area contributed by atoms with Gasteiger partial charge in [-0.2, -0.15) is 0 Å². The van der Waals surface area contributed by atoms with Crippen LogP contribution in [0.5, 0.6) is 11.6 Å². The molecule has 1 aromatic heterocycles. The summed E-state index contributed by atoms with van der Waals surface area (Å²) in [6.07, 6.45) is 6.90. The van der Waals surface area contributed by atoms with Crippen molar-refractivity contribution < 1.29 is 14.7 Å². The predicted molar refractivity (Wildman–Crippen MR) is 88.2 cm³/mol. The van der Waals surface area contributed by atoms with E-state index < -0.39 is 5.91 Å². The van der Waals surface area contributed by atoms with Gasteiger partial charge in [-0.3, -0.25) is 10.0 Å². The highest BCUT2D eigenvalue weighted by Crippen LogP contribution is 2.52. The highest BCUT2D eigenvalue weighted by atomic mass is 16.5. The lowest BCUT2D eigenvalue weighted by atomic mass is 9.83. The number of pyridine rings is 1. The first-order valence-corrected chi connectivity index (χ1v) is 8.41. The zero-order valence-corrected chi connectivity index (χ0v) is 13.3. The minimum absolute atomic E-state index is 0.275. The molecule has 124 valence electrons. The smallest absolute Gasteiger partial charge is 0.276 e. The summed E-state index contributed by atoms with van der Waals surface area (Å²) in [5.74, 6) is 3.07. The Bertz CT molecular complexity index is 727. The Morgan fingerprint density at radius 1 is 1.12 bits per heavy atom. The van der Waals surface area contributed by atoms with Crippen LogP contribution in [0.1, 0.15) is 47.5 Å². The molecule has 3 atom stereocenters. The Hall–Kier alpha value is -2.40. The van der Waals surface area contributed by atoms with Crippen molar-refractivity contribution in [2.75, 3.05) is 0 Å². The van der Waals surface area contributed by atoms with E-state index in [1.54, 1.807) is 17.6 Å². The molecule has 4 rings (SSSR count). The topological polar surface area (TPSA) is 71.5 Å². The van der Waals surface area contributed by atoms with E-state index >= 15 is 0 Å². The van der Waals surface area contributed by atoms with Crippen molar-refractivity contribution in [2.24, 2.45) is 11.8 Å². The fourth-order valence-corrected chi connectivity index (χ4v) is 4.20. The number of hydrogen-bond donors (Lipinski definition) is 2. The van der Waals surface area contributed by atoms with Crippen LogP contribution in [-0.4, -0.2) is 16.1 Å². The third-order valence-electron chi connectivity index (χ3n) is 5.37. The van der Waals surface area contributed by atoms with E-state index in [4.69, 9.17) is 9.94 Å². The summed E-state index contributed by atoms with van der Waals surface area (Å²) in [5.41, 5.74) is 3.26. The van der Waals surface area contributed by atoms with Crippen LogP contribution in [-0.2, 0) is 0 Å². The van der Waals surface area contributed by atoms with Crippen LogP contribution in [0.15, 0.2) is 42.6 Å². The molecule has 5 heteroatoms. The van der Waals surface area contributed by atoms with Crippen molar-refractivity contribution in [3.05, 3.63) is 53.7 Å². The number of hydrogen-bond acceptors (Lipinski definition) is 4. The molecule has 0 saturated heterocycles. The number of amides is 1. The molecule has 0 aliphatic heterocycles. The molecular weight excluding hydrogens is 304 g/mol. The molecule has 0 spiro atoms. The van der Waals surface area contributed by atoms with Crippen LogP contribution in [0.25, 0.3) is 0 Å². The maximum absolute atomic E-state index is 11.3. The number of hydroxylamine groups is 1. The molecule has 2 aliphatic carbocycles. The van der Waals surface area contributed by atoms with E-state index in [2.05, 4.69) is 17.1 Å². The van der Waals surface area contributed by atoms with Gasteiger partial charge in [-0.25, -0.2) is 10.5 Å². The maximum atomic E-state index is 11.3. The number of nitrogens with zero attached hydrogens (tertiary/aromatic N) is 1. The zero-order chi connectivity index (χ0) is 16.5. The lowest BCUT2D eigenvalue weighted by Gasteiger charge is -2.22. The molecule has 24 heavy (non-hydrogen) atoms. The summed E-state index contributed by atoms with van der Waals surface area (Å²) in [5, 5.41) is 8.59. The highest BCUT2D eigenvalue weighted by molar-refractivity contribution is 5.92. The van der Waals surface area contributed by atoms with Gasteiger partial charge in [0, 0.05) is 12.3 Å². The molecule has 1 heterocycles. The number of aromatic nitrogens is 1. The van der Waals surface area contributed by atoms with Crippen LogP contribution in [0.2, 0.25) is 0 Å².